The molecule has 5 heteroatoms. The zero-order chi connectivity index (χ0) is 8.85. The Morgan fingerprint density at radius 1 is 1.73 bits per heavy atom. The van der Waals surface area contributed by atoms with E-state index in [4.69, 9.17) is 5.11 Å². The standard InChI is InChI=1S/C6H14N2O2S/c1-4(7-2)8-5(3-11)6(9)10/h4-5,7-8,11H,3H2,1-2H3,(H,9,10). The summed E-state index contributed by atoms with van der Waals surface area (Å²) in [4.78, 5) is 10.4. The van der Waals surface area contributed by atoms with Crippen molar-refractivity contribution in [3.05, 3.63) is 0 Å². The van der Waals surface area contributed by atoms with Gasteiger partial charge < -0.3 is 10.4 Å². The van der Waals surface area contributed by atoms with Crippen LogP contribution in [0.25, 0.3) is 0 Å². The van der Waals surface area contributed by atoms with Crippen molar-refractivity contribution >= 4 is 18.6 Å². The highest BCUT2D eigenvalue weighted by atomic mass is 32.1. The average molecular weight is 178 g/mol. The smallest absolute Gasteiger partial charge is 0.321 e. The van der Waals surface area contributed by atoms with E-state index in [1.165, 1.54) is 0 Å². The minimum Gasteiger partial charge on any atom is -0.480 e. The van der Waals surface area contributed by atoms with Crippen LogP contribution in [-0.2, 0) is 4.79 Å². The second-order valence-corrected chi connectivity index (χ2v) is 2.62. The fourth-order valence-corrected chi connectivity index (χ4v) is 0.849. The van der Waals surface area contributed by atoms with Crippen molar-refractivity contribution in [2.45, 2.75) is 19.1 Å². The van der Waals surface area contributed by atoms with Crippen LogP contribution in [-0.4, -0.2) is 36.1 Å². The molecule has 0 saturated carbocycles. The summed E-state index contributed by atoms with van der Waals surface area (Å²) in [7, 11) is 1.76. The highest BCUT2D eigenvalue weighted by Gasteiger charge is 2.16. The van der Waals surface area contributed by atoms with Crippen LogP contribution >= 0.6 is 12.6 Å². The molecule has 4 nitrogen and oxygen atoms in total. The highest BCUT2D eigenvalue weighted by molar-refractivity contribution is 7.80. The van der Waals surface area contributed by atoms with E-state index in [0.717, 1.165) is 0 Å². The van der Waals surface area contributed by atoms with Crippen LogP contribution in [0, 0.1) is 0 Å². The molecule has 0 aromatic rings. The van der Waals surface area contributed by atoms with Gasteiger partial charge in [-0.05, 0) is 14.0 Å². The molecule has 0 radical (unpaired) electrons. The van der Waals surface area contributed by atoms with Gasteiger partial charge in [-0.25, -0.2) is 0 Å². The van der Waals surface area contributed by atoms with Gasteiger partial charge in [0.15, 0.2) is 0 Å². The maximum atomic E-state index is 10.4. The zero-order valence-electron chi connectivity index (χ0n) is 6.66. The van der Waals surface area contributed by atoms with Crippen LogP contribution in [0.4, 0.5) is 0 Å². The lowest BCUT2D eigenvalue weighted by atomic mass is 10.3. The molecule has 0 aromatic heterocycles. The average Bonchev–Trinajstić information content (AvgIpc) is 1.99. The van der Waals surface area contributed by atoms with Crippen LogP contribution in [0.5, 0.6) is 0 Å². The van der Waals surface area contributed by atoms with E-state index in [1.807, 2.05) is 6.92 Å². The third-order valence-electron chi connectivity index (χ3n) is 1.36. The quantitative estimate of drug-likeness (QED) is 0.339. The molecule has 0 bridgehead atoms. The largest absolute Gasteiger partial charge is 0.480 e. The molecule has 0 spiro atoms. The Labute approximate surface area is 71.8 Å². The van der Waals surface area contributed by atoms with Crippen molar-refractivity contribution in [1.29, 1.82) is 0 Å². The maximum absolute atomic E-state index is 10.4. The summed E-state index contributed by atoms with van der Waals surface area (Å²) in [6.07, 6.45) is -0.0109. The Balaban J connectivity index is 3.77. The van der Waals surface area contributed by atoms with Gasteiger partial charge in [0.1, 0.15) is 6.04 Å². The number of hydrogen-bond acceptors (Lipinski definition) is 4. The molecule has 0 amide bonds. The third-order valence-corrected chi connectivity index (χ3v) is 1.73. The first kappa shape index (κ1) is 10.7. The molecule has 0 aliphatic heterocycles. The number of hydrogen-bond donors (Lipinski definition) is 4. The van der Waals surface area contributed by atoms with Crippen LogP contribution < -0.4 is 10.6 Å². The van der Waals surface area contributed by atoms with Gasteiger partial charge in [0, 0.05) is 5.75 Å². The van der Waals surface area contributed by atoms with Crippen molar-refractivity contribution in [2.24, 2.45) is 0 Å². The molecule has 11 heavy (non-hydrogen) atoms. The van der Waals surface area contributed by atoms with Crippen LogP contribution in [0.1, 0.15) is 6.92 Å². The van der Waals surface area contributed by atoms with Gasteiger partial charge in [0.2, 0.25) is 0 Å². The first-order valence-electron chi connectivity index (χ1n) is 3.38. The van der Waals surface area contributed by atoms with Gasteiger partial charge in [0.05, 0.1) is 6.17 Å². The Bertz CT molecular complexity index is 132. The van der Waals surface area contributed by atoms with Gasteiger partial charge in [-0.15, -0.1) is 0 Å². The fourth-order valence-electron chi connectivity index (χ4n) is 0.587. The fraction of sp³-hybridized carbons (Fsp3) is 0.833. The molecule has 0 aromatic carbocycles. The maximum Gasteiger partial charge on any atom is 0.321 e. The lowest BCUT2D eigenvalue weighted by Crippen LogP contribution is -2.48. The Morgan fingerprint density at radius 3 is 2.55 bits per heavy atom. The number of aliphatic carboxylic acids is 1. The summed E-state index contributed by atoms with van der Waals surface area (Å²) in [6, 6.07) is -0.583. The molecule has 2 unspecified atom stereocenters. The zero-order valence-corrected chi connectivity index (χ0v) is 7.56. The monoisotopic (exact) mass is 178 g/mol. The number of carboxylic acid groups (broad SMARTS) is 1. The first-order valence-corrected chi connectivity index (χ1v) is 4.02. The molecule has 0 saturated heterocycles. The predicted molar refractivity (Wildman–Crippen MR) is 46.9 cm³/mol. The van der Waals surface area contributed by atoms with Crippen molar-refractivity contribution in [2.75, 3.05) is 12.8 Å². The molecular formula is C6H14N2O2S. The van der Waals surface area contributed by atoms with Crippen molar-refractivity contribution in [3.63, 3.8) is 0 Å². The molecule has 0 fully saturated rings. The van der Waals surface area contributed by atoms with Crippen LogP contribution in [0.3, 0.4) is 0 Å². The van der Waals surface area contributed by atoms with Crippen LogP contribution in [0.2, 0.25) is 0 Å². The Hall–Kier alpha value is -0.260. The Morgan fingerprint density at radius 2 is 2.27 bits per heavy atom. The molecule has 0 aliphatic rings. The lowest BCUT2D eigenvalue weighted by Gasteiger charge is -2.17. The Kier molecular flexibility index (Phi) is 5.27. The number of rotatable bonds is 5. The van der Waals surface area contributed by atoms with E-state index in [0.29, 0.717) is 5.75 Å². The number of thiol groups is 1. The molecular weight excluding hydrogens is 164 g/mol. The summed E-state index contributed by atoms with van der Waals surface area (Å²) >= 11 is 3.90. The van der Waals surface area contributed by atoms with Gasteiger partial charge >= 0.3 is 5.97 Å². The second kappa shape index (κ2) is 5.40. The van der Waals surface area contributed by atoms with Crippen molar-refractivity contribution in [1.82, 2.24) is 10.6 Å². The summed E-state index contributed by atoms with van der Waals surface area (Å²) in [5.74, 6) is -0.580. The van der Waals surface area contributed by atoms with E-state index >= 15 is 0 Å². The summed E-state index contributed by atoms with van der Waals surface area (Å²) in [5.41, 5.74) is 0. The number of carbonyl (C=O) groups is 1. The van der Waals surface area contributed by atoms with Gasteiger partial charge in [0.25, 0.3) is 0 Å². The van der Waals surface area contributed by atoms with E-state index in [-0.39, 0.29) is 6.17 Å². The topological polar surface area (TPSA) is 61.4 Å². The summed E-state index contributed by atoms with van der Waals surface area (Å²) in [5, 5.41) is 14.3. The molecule has 2 atom stereocenters. The third kappa shape index (κ3) is 4.23. The second-order valence-electron chi connectivity index (χ2n) is 2.25. The minimum absolute atomic E-state index is 0.0109. The van der Waals surface area contributed by atoms with Crippen molar-refractivity contribution in [3.8, 4) is 0 Å². The van der Waals surface area contributed by atoms with Gasteiger partial charge in [-0.3, -0.25) is 10.1 Å². The van der Waals surface area contributed by atoms with E-state index < -0.39 is 12.0 Å². The lowest BCUT2D eigenvalue weighted by molar-refractivity contribution is -0.139. The molecule has 66 valence electrons. The van der Waals surface area contributed by atoms with E-state index in [2.05, 4.69) is 23.3 Å². The normalized spacial score (nSPS) is 15.9. The van der Waals surface area contributed by atoms with Gasteiger partial charge in [-0.2, -0.15) is 12.6 Å². The molecule has 0 rings (SSSR count). The molecule has 0 heterocycles. The van der Waals surface area contributed by atoms with E-state index in [9.17, 15) is 4.79 Å². The van der Waals surface area contributed by atoms with E-state index in [1.54, 1.807) is 7.05 Å². The van der Waals surface area contributed by atoms with Gasteiger partial charge in [-0.1, -0.05) is 0 Å². The van der Waals surface area contributed by atoms with Crippen molar-refractivity contribution < 1.29 is 9.90 Å². The molecule has 3 N–H and O–H groups in total. The first-order chi connectivity index (χ1) is 5.11. The number of nitrogens with one attached hydrogen (secondary N) is 2. The highest BCUT2D eigenvalue weighted by Crippen LogP contribution is 1.89. The minimum atomic E-state index is -0.873. The van der Waals surface area contributed by atoms with Crippen LogP contribution in [0.15, 0.2) is 0 Å². The summed E-state index contributed by atoms with van der Waals surface area (Å²) < 4.78 is 0. The SMILES string of the molecule is CNC(C)NC(CS)C(=O)O. The number of carboxylic acids is 1. The summed E-state index contributed by atoms with van der Waals surface area (Å²) in [6.45, 7) is 1.85. The predicted octanol–water partition coefficient (Wildman–Crippen LogP) is -0.476. The molecule has 0 aliphatic carbocycles.